The number of fused-ring (bicyclic) bond motifs is 1. The number of ether oxygens (including phenoxy) is 1. The molecule has 0 spiro atoms. The van der Waals surface area contributed by atoms with Gasteiger partial charge in [-0.2, -0.15) is 0 Å². The first kappa shape index (κ1) is 21.3. The minimum absolute atomic E-state index is 0.0872. The van der Waals surface area contributed by atoms with Crippen LogP contribution in [0.5, 0.6) is 5.75 Å². The Labute approximate surface area is 175 Å². The smallest absolute Gasteiger partial charge is 0.267 e. The molecule has 6 nitrogen and oxygen atoms in total. The van der Waals surface area contributed by atoms with Crippen molar-refractivity contribution in [3.63, 3.8) is 0 Å². The molecule has 0 saturated carbocycles. The molecule has 2 aromatic rings. The summed E-state index contributed by atoms with van der Waals surface area (Å²) in [6, 6.07) is 13.6. The fourth-order valence-corrected chi connectivity index (χ4v) is 3.80. The van der Waals surface area contributed by atoms with Crippen LogP contribution in [0.15, 0.2) is 48.5 Å². The summed E-state index contributed by atoms with van der Waals surface area (Å²) < 4.78 is 5.82. The Morgan fingerprint density at radius 2 is 2.03 bits per heavy atom. The van der Waals surface area contributed by atoms with Crippen molar-refractivity contribution in [1.82, 2.24) is 10.4 Å². The summed E-state index contributed by atoms with van der Waals surface area (Å²) in [5, 5.41) is 18.8. The van der Waals surface area contributed by atoms with Crippen molar-refractivity contribution in [2.45, 2.75) is 18.9 Å². The molecule has 1 atom stereocenters. The number of hydrogen-bond donors (Lipinski definition) is 3. The molecule has 29 heavy (non-hydrogen) atoms. The molecule has 3 rings (SSSR count). The van der Waals surface area contributed by atoms with Crippen LogP contribution in [-0.2, 0) is 11.2 Å². The number of carbonyl (C=O) groups excluding carboxylic acids is 1. The second-order valence-electron chi connectivity index (χ2n) is 6.88. The van der Waals surface area contributed by atoms with Gasteiger partial charge in [0.25, 0.3) is 5.91 Å². The lowest BCUT2D eigenvalue weighted by atomic mass is 10.0. The van der Waals surface area contributed by atoms with Gasteiger partial charge in [0.15, 0.2) is 0 Å². The van der Waals surface area contributed by atoms with E-state index in [2.05, 4.69) is 17.0 Å². The number of hydroxylamine groups is 1. The summed E-state index contributed by atoms with van der Waals surface area (Å²) in [7, 11) is 0. The van der Waals surface area contributed by atoms with Gasteiger partial charge in [-0.05, 0) is 59.9 Å². The quantitative estimate of drug-likeness (QED) is 0.332. The molecule has 1 unspecified atom stereocenters. The zero-order chi connectivity index (χ0) is 20.6. The molecule has 0 saturated heterocycles. The Morgan fingerprint density at radius 1 is 1.24 bits per heavy atom. The second-order valence-corrected chi connectivity index (χ2v) is 7.32. The number of carbonyl (C=O) groups is 1. The van der Waals surface area contributed by atoms with Crippen LogP contribution >= 0.6 is 11.6 Å². The number of aliphatic hydroxyl groups is 1. The average molecular weight is 417 g/mol. The number of halogens is 1. The maximum atomic E-state index is 11.2. The Kier molecular flexibility index (Phi) is 7.66. The average Bonchev–Trinajstić information content (AvgIpc) is 3.16. The zero-order valence-electron chi connectivity index (χ0n) is 16.1. The van der Waals surface area contributed by atoms with Gasteiger partial charge in [0.05, 0.1) is 6.61 Å². The van der Waals surface area contributed by atoms with E-state index in [9.17, 15) is 9.90 Å². The van der Waals surface area contributed by atoms with Gasteiger partial charge in [-0.3, -0.25) is 14.9 Å². The third-order valence-electron chi connectivity index (χ3n) is 5.04. The monoisotopic (exact) mass is 416 g/mol. The van der Waals surface area contributed by atoms with Gasteiger partial charge < -0.3 is 9.84 Å². The van der Waals surface area contributed by atoms with Crippen LogP contribution in [0.3, 0.4) is 0 Å². The van der Waals surface area contributed by atoms with E-state index in [1.54, 1.807) is 23.7 Å². The van der Waals surface area contributed by atoms with Crippen molar-refractivity contribution in [3.05, 3.63) is 70.3 Å². The summed E-state index contributed by atoms with van der Waals surface area (Å²) >= 11 is 5.90. The molecule has 1 amide bonds. The van der Waals surface area contributed by atoms with Crippen LogP contribution in [0.2, 0.25) is 5.02 Å². The van der Waals surface area contributed by atoms with Crippen LogP contribution in [-0.4, -0.2) is 47.4 Å². The molecule has 0 aliphatic heterocycles. The first-order valence-corrected chi connectivity index (χ1v) is 9.96. The molecule has 0 heterocycles. The molecule has 1 aliphatic rings. The maximum Gasteiger partial charge on any atom is 0.267 e. The number of benzene rings is 2. The summed E-state index contributed by atoms with van der Waals surface area (Å²) in [5.41, 5.74) is 4.98. The van der Waals surface area contributed by atoms with Gasteiger partial charge in [-0.15, -0.1) is 0 Å². The minimum Gasteiger partial charge on any atom is -0.492 e. The number of nitrogens with zero attached hydrogens (tertiary/aromatic N) is 1. The van der Waals surface area contributed by atoms with Gasteiger partial charge in [0.2, 0.25) is 0 Å². The lowest BCUT2D eigenvalue weighted by Crippen LogP contribution is -2.34. The molecule has 7 heteroatoms. The molecular weight excluding hydrogens is 392 g/mol. The molecule has 3 N–H and O–H groups in total. The molecule has 1 aliphatic carbocycles. The number of amides is 1. The fraction of sp³-hybridized carbons (Fsp3) is 0.318. The molecule has 0 radical (unpaired) electrons. The van der Waals surface area contributed by atoms with Crippen molar-refractivity contribution in [2.24, 2.45) is 0 Å². The van der Waals surface area contributed by atoms with E-state index in [1.165, 1.54) is 17.2 Å². The first-order valence-electron chi connectivity index (χ1n) is 9.59. The van der Waals surface area contributed by atoms with Gasteiger partial charge in [-0.25, -0.2) is 5.48 Å². The van der Waals surface area contributed by atoms with Crippen molar-refractivity contribution in [2.75, 3.05) is 26.3 Å². The molecule has 154 valence electrons. The Morgan fingerprint density at radius 3 is 2.76 bits per heavy atom. The normalized spacial score (nSPS) is 15.7. The topological polar surface area (TPSA) is 82.0 Å². The first-order chi connectivity index (χ1) is 14.1. The molecule has 0 aromatic heterocycles. The van der Waals surface area contributed by atoms with E-state index < -0.39 is 5.91 Å². The molecule has 2 aromatic carbocycles. The van der Waals surface area contributed by atoms with Gasteiger partial charge in [0.1, 0.15) is 12.4 Å². The second kappa shape index (κ2) is 10.4. The van der Waals surface area contributed by atoms with E-state index >= 15 is 0 Å². The third kappa shape index (κ3) is 5.81. The van der Waals surface area contributed by atoms with E-state index in [0.717, 1.165) is 24.2 Å². The highest BCUT2D eigenvalue weighted by Gasteiger charge is 2.27. The van der Waals surface area contributed by atoms with Crippen LogP contribution in [0.1, 0.15) is 29.2 Å². The minimum atomic E-state index is -0.557. The number of hydrogen-bond acceptors (Lipinski definition) is 5. The van der Waals surface area contributed by atoms with E-state index in [-0.39, 0.29) is 12.6 Å². The van der Waals surface area contributed by atoms with Crippen molar-refractivity contribution < 1.29 is 19.8 Å². The summed E-state index contributed by atoms with van der Waals surface area (Å²) in [6.45, 7) is 1.88. The number of aliphatic hydroxyl groups excluding tert-OH is 1. The van der Waals surface area contributed by atoms with E-state index in [4.69, 9.17) is 21.5 Å². The predicted molar refractivity (Wildman–Crippen MR) is 112 cm³/mol. The van der Waals surface area contributed by atoms with Gasteiger partial charge >= 0.3 is 0 Å². The van der Waals surface area contributed by atoms with Crippen LogP contribution in [0.25, 0.3) is 6.08 Å². The van der Waals surface area contributed by atoms with Crippen LogP contribution < -0.4 is 10.2 Å². The summed E-state index contributed by atoms with van der Waals surface area (Å²) in [4.78, 5) is 13.4. The predicted octanol–water partition coefficient (Wildman–Crippen LogP) is 3.22. The molecule has 0 bridgehead atoms. The highest BCUT2D eigenvalue weighted by atomic mass is 35.5. The van der Waals surface area contributed by atoms with Crippen LogP contribution in [0, 0.1) is 0 Å². The Hall–Kier alpha value is -2.38. The number of nitrogens with one attached hydrogen (secondary N) is 1. The lowest BCUT2D eigenvalue weighted by Gasteiger charge is -2.29. The summed E-state index contributed by atoms with van der Waals surface area (Å²) in [6.07, 6.45) is 4.87. The van der Waals surface area contributed by atoms with Gasteiger partial charge in [-0.1, -0.05) is 29.8 Å². The van der Waals surface area contributed by atoms with Crippen LogP contribution in [0.4, 0.5) is 0 Å². The SMILES string of the molecule is O=C(C=Cc1ccc2c(c1)CCC2N(CCO)CCOc1ccc(Cl)cc1)NO. The van der Waals surface area contributed by atoms with Gasteiger partial charge in [0, 0.05) is 30.2 Å². The standard InChI is InChI=1S/C22H25ClN2O4/c23-18-4-6-19(7-5-18)29-14-12-25(11-13-26)21-9-3-17-15-16(1-8-20(17)21)2-10-22(27)24-28/h1-2,4-8,10,15,21,26,28H,3,9,11-14H2,(H,24,27). The highest BCUT2D eigenvalue weighted by Crippen LogP contribution is 2.36. The van der Waals surface area contributed by atoms with E-state index in [1.807, 2.05) is 18.2 Å². The highest BCUT2D eigenvalue weighted by molar-refractivity contribution is 6.30. The Bertz CT molecular complexity index is 854. The maximum absolute atomic E-state index is 11.2. The van der Waals surface area contributed by atoms with Crippen molar-refractivity contribution in [3.8, 4) is 5.75 Å². The number of aryl methyl sites for hydroxylation is 1. The fourth-order valence-electron chi connectivity index (χ4n) is 3.67. The molecular formula is C22H25ClN2O4. The van der Waals surface area contributed by atoms with E-state index in [0.29, 0.717) is 24.7 Å². The van der Waals surface area contributed by atoms with Crippen molar-refractivity contribution in [1.29, 1.82) is 0 Å². The third-order valence-corrected chi connectivity index (χ3v) is 5.29. The largest absolute Gasteiger partial charge is 0.492 e. The lowest BCUT2D eigenvalue weighted by molar-refractivity contribution is -0.124. The summed E-state index contributed by atoms with van der Waals surface area (Å²) in [5.74, 6) is 0.215. The zero-order valence-corrected chi connectivity index (χ0v) is 16.8. The van der Waals surface area contributed by atoms with Crippen molar-refractivity contribution >= 4 is 23.6 Å². The number of rotatable bonds is 9. The Balaban J connectivity index is 1.64. The molecule has 0 fully saturated rings.